The predicted molar refractivity (Wildman–Crippen MR) is 132 cm³/mol. The zero-order valence-electron chi connectivity index (χ0n) is 15.7. The summed E-state index contributed by atoms with van der Waals surface area (Å²) >= 11 is 5.87. The number of nitrogens with zero attached hydrogens (tertiary/aromatic N) is 4. The van der Waals surface area contributed by atoms with Gasteiger partial charge in [0, 0.05) is 0 Å². The van der Waals surface area contributed by atoms with Gasteiger partial charge < -0.3 is 21.3 Å². The van der Waals surface area contributed by atoms with Crippen molar-refractivity contribution >= 4 is 67.4 Å². The Hall–Kier alpha value is -2.67. The van der Waals surface area contributed by atoms with Crippen molar-refractivity contribution < 1.29 is 12.8 Å². The second-order valence-corrected chi connectivity index (χ2v) is 6.43. The minimum absolute atomic E-state index is 0.977. The normalized spacial score (nSPS) is 14.6. The van der Waals surface area contributed by atoms with Gasteiger partial charge in [0.15, 0.2) is 0 Å². The fourth-order valence-electron chi connectivity index (χ4n) is 3.36. The molecule has 153 valence electrons. The molecule has 0 fully saturated rings. The molecule has 0 saturated heterocycles. The summed E-state index contributed by atoms with van der Waals surface area (Å²) in [5.41, 5.74) is 3.91. The van der Waals surface area contributed by atoms with Gasteiger partial charge in [0.2, 0.25) is 0 Å². The van der Waals surface area contributed by atoms with Crippen LogP contribution in [0, 0.1) is 0 Å². The number of halogens is 1. The molecule has 0 saturated carbocycles. The molecular weight excluding hydrogens is 535 g/mol. The van der Waals surface area contributed by atoms with Crippen molar-refractivity contribution in [2.75, 3.05) is 0 Å². The van der Waals surface area contributed by atoms with Crippen LogP contribution in [0.1, 0.15) is 0 Å². The fourth-order valence-corrected chi connectivity index (χ4v) is 3.36. The molecule has 0 unspecified atom stereocenters. The molecule has 2 aromatic rings. The van der Waals surface area contributed by atoms with Gasteiger partial charge in [0.05, 0.1) is 0 Å². The maximum atomic E-state index is 4.35. The van der Waals surface area contributed by atoms with Crippen molar-refractivity contribution in [1.29, 1.82) is 0 Å². The SMILES string of the molecule is C1=C[N-]c2c3c(ccc2=C1)=CC=C[N-]3.C1=C[N-]c2c3c(ccc2=C1)=CC=C[N-]3.[Cu+][I]. The molecule has 4 heterocycles. The molecule has 0 amide bonds. The second kappa shape index (κ2) is 9.89. The van der Waals surface area contributed by atoms with E-state index in [1.54, 1.807) is 45.1 Å². The quantitative estimate of drug-likeness (QED) is 0.307. The molecule has 0 aliphatic carbocycles. The summed E-state index contributed by atoms with van der Waals surface area (Å²) < 4.78 is 0. The van der Waals surface area contributed by atoms with Gasteiger partial charge in [-0.1, -0.05) is 72.9 Å². The molecular formula is C24H16CuIN4-3. The zero-order chi connectivity index (χ0) is 20.8. The third-order valence-corrected chi connectivity index (χ3v) is 4.69. The van der Waals surface area contributed by atoms with Crippen LogP contribution in [-0.2, 0) is 12.8 Å². The summed E-state index contributed by atoms with van der Waals surface area (Å²) in [6.07, 6.45) is 23.2. The minimum atomic E-state index is 0.977. The Kier molecular flexibility index (Phi) is 6.79. The fraction of sp³-hybridized carbons (Fsp3) is 0. The number of hydrogen-bond donors (Lipinski definition) is 0. The third-order valence-electron chi connectivity index (χ3n) is 4.69. The molecule has 0 aromatic heterocycles. The molecule has 0 bridgehead atoms. The standard InChI is InChI=1S/2C12H8N2.Cu.HI/c2*1-3-9-5-6-10-4-2-8-14-12(10)11(9)13-7-1;;/h2*1-8H;;1H/q2*-2;+2;/p-1. The molecule has 0 radical (unpaired) electrons. The van der Waals surface area contributed by atoms with Crippen LogP contribution in [0.2, 0.25) is 0 Å². The Morgan fingerprint density at radius 3 is 0.900 bits per heavy atom. The third kappa shape index (κ3) is 4.26. The van der Waals surface area contributed by atoms with E-state index in [1.807, 2.05) is 24.3 Å². The first-order valence-corrected chi connectivity index (χ1v) is 12.2. The van der Waals surface area contributed by atoms with Crippen LogP contribution in [0.5, 0.6) is 0 Å². The van der Waals surface area contributed by atoms with Crippen LogP contribution in [0.3, 0.4) is 0 Å². The molecule has 6 heteroatoms. The molecule has 4 nitrogen and oxygen atoms in total. The van der Waals surface area contributed by atoms with E-state index >= 15 is 0 Å². The summed E-state index contributed by atoms with van der Waals surface area (Å²) in [7, 11) is 0. The van der Waals surface area contributed by atoms with E-state index < -0.39 is 0 Å². The Morgan fingerprint density at radius 1 is 0.433 bits per heavy atom. The first-order chi connectivity index (χ1) is 14.9. The predicted octanol–water partition coefficient (Wildman–Crippen LogP) is 5.51. The van der Waals surface area contributed by atoms with E-state index in [4.69, 9.17) is 0 Å². The van der Waals surface area contributed by atoms with E-state index in [2.05, 4.69) is 82.6 Å². The Labute approximate surface area is 194 Å². The van der Waals surface area contributed by atoms with Crippen LogP contribution >= 0.6 is 20.3 Å². The Balaban J connectivity index is 0.000000134. The molecule has 0 atom stereocenters. The van der Waals surface area contributed by atoms with E-state index in [0.29, 0.717) is 0 Å². The van der Waals surface area contributed by atoms with Crippen LogP contribution in [0.25, 0.3) is 45.6 Å². The van der Waals surface area contributed by atoms with Gasteiger partial charge in [0.25, 0.3) is 0 Å². The first-order valence-electron chi connectivity index (χ1n) is 9.18. The molecule has 0 N–H and O–H groups in total. The van der Waals surface area contributed by atoms with Crippen LogP contribution in [0.15, 0.2) is 73.4 Å². The number of benzene rings is 2. The van der Waals surface area contributed by atoms with Gasteiger partial charge >= 0.3 is 33.1 Å². The first kappa shape index (κ1) is 20.6. The number of allylic oxidation sites excluding steroid dienone is 4. The summed E-state index contributed by atoms with van der Waals surface area (Å²) in [5.74, 6) is 0. The maximum absolute atomic E-state index is 4.35. The van der Waals surface area contributed by atoms with Crippen molar-refractivity contribution in [3.05, 3.63) is 116 Å². The summed E-state index contributed by atoms with van der Waals surface area (Å²) in [6.45, 7) is 0. The topological polar surface area (TPSA) is 56.4 Å². The van der Waals surface area contributed by atoms with Gasteiger partial charge in [-0.2, -0.15) is 24.8 Å². The number of hydrogen-bond acceptors (Lipinski definition) is 0. The van der Waals surface area contributed by atoms with Crippen molar-refractivity contribution in [2.24, 2.45) is 0 Å². The van der Waals surface area contributed by atoms with E-state index in [-0.39, 0.29) is 0 Å². The average Bonchev–Trinajstić information content (AvgIpc) is 2.85. The van der Waals surface area contributed by atoms with Crippen LogP contribution < -0.4 is 20.9 Å². The van der Waals surface area contributed by atoms with Crippen LogP contribution in [-0.4, -0.2) is 0 Å². The summed E-state index contributed by atoms with van der Waals surface area (Å²) in [4.78, 5) is 0. The second-order valence-electron chi connectivity index (χ2n) is 6.43. The molecule has 2 aromatic carbocycles. The van der Waals surface area contributed by atoms with Crippen molar-refractivity contribution in [1.82, 2.24) is 0 Å². The molecule has 4 aliphatic heterocycles. The molecule has 4 aliphatic rings. The van der Waals surface area contributed by atoms with Crippen LogP contribution in [0.4, 0.5) is 22.7 Å². The molecule has 6 rings (SSSR count). The van der Waals surface area contributed by atoms with E-state index in [1.165, 1.54) is 0 Å². The van der Waals surface area contributed by atoms with Gasteiger partial charge in [-0.3, -0.25) is 0 Å². The molecule has 0 spiro atoms. The Bertz CT molecular complexity index is 1110. The van der Waals surface area contributed by atoms with Gasteiger partial charge in [-0.15, -0.1) is 22.7 Å². The van der Waals surface area contributed by atoms with Gasteiger partial charge in [-0.25, -0.2) is 0 Å². The average molecular weight is 551 g/mol. The van der Waals surface area contributed by atoms with Crippen molar-refractivity contribution in [3.63, 3.8) is 0 Å². The monoisotopic (exact) mass is 550 g/mol. The van der Waals surface area contributed by atoms with Crippen molar-refractivity contribution in [3.8, 4) is 0 Å². The number of fused-ring (bicyclic) bond motifs is 6. The summed E-state index contributed by atoms with van der Waals surface area (Å²) in [6, 6.07) is 8.30. The Morgan fingerprint density at radius 2 is 0.667 bits per heavy atom. The van der Waals surface area contributed by atoms with Gasteiger partial charge in [0.1, 0.15) is 0 Å². The summed E-state index contributed by atoms with van der Waals surface area (Å²) in [5, 5.41) is 21.9. The zero-order valence-corrected chi connectivity index (χ0v) is 18.8. The van der Waals surface area contributed by atoms with E-state index in [0.717, 1.165) is 43.6 Å². The van der Waals surface area contributed by atoms with Gasteiger partial charge in [-0.05, 0) is 20.9 Å². The number of rotatable bonds is 0. The van der Waals surface area contributed by atoms with Crippen molar-refractivity contribution in [2.45, 2.75) is 0 Å². The van der Waals surface area contributed by atoms with E-state index in [9.17, 15) is 0 Å². The molecule has 30 heavy (non-hydrogen) atoms.